The van der Waals surface area contributed by atoms with Crippen LogP contribution in [-0.4, -0.2) is 26.8 Å². The van der Waals surface area contributed by atoms with E-state index >= 15 is 0 Å². The van der Waals surface area contributed by atoms with Crippen molar-refractivity contribution >= 4 is 0 Å². The highest BCUT2D eigenvalue weighted by Crippen LogP contribution is 2.39. The van der Waals surface area contributed by atoms with Crippen LogP contribution in [0, 0.1) is 5.41 Å². The summed E-state index contributed by atoms with van der Waals surface area (Å²) in [5, 5.41) is 3.90. The standard InChI is InChI=1S/C29H36N2O2/c1-29(17-16-21-6-4-5-7-24(21)18-29)19-25(20-30)31-28(22-8-12-26(32-2)13-9-22)23-10-14-27(33-3)15-11-23/h4-15,25,28,31H,16-20,30H2,1-3H3/t25-,29-/m1/s1. The number of aryl methyl sites for hydroxylation is 1. The molecule has 2 atom stereocenters. The minimum Gasteiger partial charge on any atom is -0.497 e. The van der Waals surface area contributed by atoms with Gasteiger partial charge in [-0.15, -0.1) is 0 Å². The molecule has 33 heavy (non-hydrogen) atoms. The van der Waals surface area contributed by atoms with E-state index < -0.39 is 0 Å². The Labute approximate surface area is 198 Å². The maximum atomic E-state index is 6.34. The van der Waals surface area contributed by atoms with Gasteiger partial charge >= 0.3 is 0 Å². The maximum Gasteiger partial charge on any atom is 0.118 e. The molecule has 3 N–H and O–H groups in total. The van der Waals surface area contributed by atoms with E-state index in [2.05, 4.69) is 60.8 Å². The number of nitrogens with one attached hydrogen (secondary N) is 1. The zero-order valence-electron chi connectivity index (χ0n) is 20.0. The molecule has 0 fully saturated rings. The minimum atomic E-state index is 0.0369. The number of methoxy groups -OCH3 is 2. The summed E-state index contributed by atoms with van der Waals surface area (Å²) >= 11 is 0. The topological polar surface area (TPSA) is 56.5 Å². The Balaban J connectivity index is 1.56. The lowest BCUT2D eigenvalue weighted by atomic mass is 9.69. The smallest absolute Gasteiger partial charge is 0.118 e. The highest BCUT2D eigenvalue weighted by atomic mass is 16.5. The number of fused-ring (bicyclic) bond motifs is 1. The largest absolute Gasteiger partial charge is 0.497 e. The fraction of sp³-hybridized carbons (Fsp3) is 0.379. The molecule has 3 aromatic rings. The summed E-state index contributed by atoms with van der Waals surface area (Å²) in [6.45, 7) is 3.02. The SMILES string of the molecule is COc1ccc(C(N[C@@H](CN)C[C@]2(C)CCc3ccccc3C2)c2ccc(OC)cc2)cc1. The van der Waals surface area contributed by atoms with Crippen LogP contribution in [0.25, 0.3) is 0 Å². The average molecular weight is 445 g/mol. The van der Waals surface area contributed by atoms with Crippen LogP contribution in [0.3, 0.4) is 0 Å². The quantitative estimate of drug-likeness (QED) is 0.470. The monoisotopic (exact) mass is 444 g/mol. The van der Waals surface area contributed by atoms with Gasteiger partial charge in [-0.2, -0.15) is 0 Å². The third kappa shape index (κ3) is 5.58. The van der Waals surface area contributed by atoms with Crippen LogP contribution in [0.15, 0.2) is 72.8 Å². The van der Waals surface area contributed by atoms with Crippen LogP contribution in [-0.2, 0) is 12.8 Å². The van der Waals surface area contributed by atoms with E-state index in [4.69, 9.17) is 15.2 Å². The molecule has 0 bridgehead atoms. The van der Waals surface area contributed by atoms with Gasteiger partial charge in [0.2, 0.25) is 0 Å². The molecule has 174 valence electrons. The summed E-state index contributed by atoms with van der Waals surface area (Å²) in [5.41, 5.74) is 11.9. The van der Waals surface area contributed by atoms with Gasteiger partial charge in [0.05, 0.1) is 20.3 Å². The van der Waals surface area contributed by atoms with Gasteiger partial charge in [-0.25, -0.2) is 0 Å². The first-order valence-electron chi connectivity index (χ1n) is 11.8. The fourth-order valence-electron chi connectivity index (χ4n) is 5.15. The molecule has 0 spiro atoms. The lowest BCUT2D eigenvalue weighted by Crippen LogP contribution is -2.43. The molecule has 1 aliphatic rings. The molecule has 4 rings (SSSR count). The molecule has 0 unspecified atom stereocenters. The van der Waals surface area contributed by atoms with E-state index in [0.717, 1.165) is 30.8 Å². The van der Waals surface area contributed by atoms with E-state index in [1.54, 1.807) is 14.2 Å². The van der Waals surface area contributed by atoms with Crippen molar-refractivity contribution in [3.05, 3.63) is 95.1 Å². The molecule has 0 aromatic heterocycles. The van der Waals surface area contributed by atoms with Crippen molar-refractivity contribution in [2.45, 2.75) is 44.7 Å². The van der Waals surface area contributed by atoms with Gasteiger partial charge in [-0.3, -0.25) is 0 Å². The molecular weight excluding hydrogens is 408 g/mol. The van der Waals surface area contributed by atoms with E-state index in [1.165, 1.54) is 28.7 Å². The first-order chi connectivity index (χ1) is 16.0. The summed E-state index contributed by atoms with van der Waals surface area (Å²) in [7, 11) is 3.39. The Morgan fingerprint density at radius 2 is 1.39 bits per heavy atom. The van der Waals surface area contributed by atoms with Crippen LogP contribution in [0.5, 0.6) is 11.5 Å². The van der Waals surface area contributed by atoms with Crippen molar-refractivity contribution in [3.63, 3.8) is 0 Å². The van der Waals surface area contributed by atoms with Gasteiger partial charge in [-0.05, 0) is 77.6 Å². The molecule has 0 radical (unpaired) electrons. The number of rotatable bonds is 9. The predicted molar refractivity (Wildman–Crippen MR) is 135 cm³/mol. The number of hydrogen-bond donors (Lipinski definition) is 2. The molecule has 0 saturated heterocycles. The Kier molecular flexibility index (Phi) is 7.36. The zero-order chi connectivity index (χ0) is 23.3. The van der Waals surface area contributed by atoms with Crippen molar-refractivity contribution < 1.29 is 9.47 Å². The summed E-state index contributed by atoms with van der Waals surface area (Å²) in [6, 6.07) is 25.7. The first-order valence-corrected chi connectivity index (χ1v) is 11.8. The van der Waals surface area contributed by atoms with Crippen LogP contribution < -0.4 is 20.5 Å². The number of ether oxygens (including phenoxy) is 2. The lowest BCUT2D eigenvalue weighted by Gasteiger charge is -2.39. The van der Waals surface area contributed by atoms with Gasteiger partial charge < -0.3 is 20.5 Å². The van der Waals surface area contributed by atoms with Crippen LogP contribution in [0.2, 0.25) is 0 Å². The Morgan fingerprint density at radius 3 is 1.91 bits per heavy atom. The molecular formula is C29H36N2O2. The fourth-order valence-corrected chi connectivity index (χ4v) is 5.15. The van der Waals surface area contributed by atoms with E-state index in [9.17, 15) is 0 Å². The molecule has 1 aliphatic carbocycles. The van der Waals surface area contributed by atoms with E-state index in [1.807, 2.05) is 24.3 Å². The summed E-state index contributed by atoms with van der Waals surface area (Å²) in [6.07, 6.45) is 4.49. The third-order valence-electron chi connectivity index (χ3n) is 7.06. The highest BCUT2D eigenvalue weighted by molar-refractivity contribution is 5.38. The average Bonchev–Trinajstić information content (AvgIpc) is 2.86. The van der Waals surface area contributed by atoms with Crippen molar-refractivity contribution in [2.24, 2.45) is 11.1 Å². The zero-order valence-corrected chi connectivity index (χ0v) is 20.0. The molecule has 4 nitrogen and oxygen atoms in total. The normalized spacial score (nSPS) is 18.6. The summed E-state index contributed by atoms with van der Waals surface area (Å²) in [4.78, 5) is 0. The minimum absolute atomic E-state index is 0.0369. The van der Waals surface area contributed by atoms with Gasteiger partial charge in [0.1, 0.15) is 11.5 Å². The number of nitrogens with two attached hydrogens (primary N) is 1. The summed E-state index contributed by atoms with van der Waals surface area (Å²) in [5.74, 6) is 1.71. The van der Waals surface area contributed by atoms with Crippen LogP contribution in [0.4, 0.5) is 0 Å². The van der Waals surface area contributed by atoms with Crippen LogP contribution >= 0.6 is 0 Å². The second kappa shape index (κ2) is 10.4. The van der Waals surface area contributed by atoms with Crippen molar-refractivity contribution in [2.75, 3.05) is 20.8 Å². The summed E-state index contributed by atoms with van der Waals surface area (Å²) < 4.78 is 10.7. The predicted octanol–water partition coefficient (Wildman–Crippen LogP) is 5.30. The Hall–Kier alpha value is -2.82. The molecule has 0 aliphatic heterocycles. The van der Waals surface area contributed by atoms with Gasteiger partial charge in [-0.1, -0.05) is 55.5 Å². The second-order valence-electron chi connectivity index (χ2n) is 9.54. The Bertz CT molecular complexity index is 985. The third-order valence-corrected chi connectivity index (χ3v) is 7.06. The first kappa shape index (κ1) is 23.3. The molecule has 3 aromatic carbocycles. The number of hydrogen-bond acceptors (Lipinski definition) is 4. The highest BCUT2D eigenvalue weighted by Gasteiger charge is 2.33. The van der Waals surface area contributed by atoms with Crippen molar-refractivity contribution in [3.8, 4) is 11.5 Å². The number of benzene rings is 3. The molecule has 0 heterocycles. The van der Waals surface area contributed by atoms with E-state index in [-0.39, 0.29) is 17.5 Å². The second-order valence-corrected chi connectivity index (χ2v) is 9.54. The lowest BCUT2D eigenvalue weighted by molar-refractivity contribution is 0.217. The van der Waals surface area contributed by atoms with Gasteiger partial charge in [0.15, 0.2) is 0 Å². The van der Waals surface area contributed by atoms with Gasteiger partial charge in [0, 0.05) is 12.6 Å². The van der Waals surface area contributed by atoms with Crippen molar-refractivity contribution in [1.29, 1.82) is 0 Å². The maximum absolute atomic E-state index is 6.34. The molecule has 0 saturated carbocycles. The molecule has 4 heteroatoms. The Morgan fingerprint density at radius 1 is 0.848 bits per heavy atom. The van der Waals surface area contributed by atoms with Crippen molar-refractivity contribution in [1.82, 2.24) is 5.32 Å². The van der Waals surface area contributed by atoms with Gasteiger partial charge in [0.25, 0.3) is 0 Å². The van der Waals surface area contributed by atoms with E-state index in [0.29, 0.717) is 6.54 Å². The molecule has 0 amide bonds. The van der Waals surface area contributed by atoms with Crippen LogP contribution in [0.1, 0.15) is 48.1 Å².